The predicted molar refractivity (Wildman–Crippen MR) is 134 cm³/mol. The standard InChI is InChI=1S/C27H28N6O/c1-16-30-24-6-5-22(14-25(24)31-16)33-27(28)23(15-29-33)26(34)21-12-19-4-3-18(11-20(19)13-21)17-7-9-32(2)10-8-17/h3-6,11-12,14-15,17H,7-10,13,28H2,1-2H3,(H,30,31). The second-order valence-electron chi connectivity index (χ2n) is 9.59. The van der Waals surface area contributed by atoms with Gasteiger partial charge < -0.3 is 15.6 Å². The summed E-state index contributed by atoms with van der Waals surface area (Å²) in [4.78, 5) is 23.5. The average molecular weight is 453 g/mol. The number of benzene rings is 2. The van der Waals surface area contributed by atoms with Gasteiger partial charge in [0, 0.05) is 12.0 Å². The number of nitrogen functional groups attached to an aromatic ring is 1. The van der Waals surface area contributed by atoms with Gasteiger partial charge in [0.2, 0.25) is 0 Å². The van der Waals surface area contributed by atoms with Gasteiger partial charge >= 0.3 is 0 Å². The molecule has 4 aromatic rings. The molecule has 34 heavy (non-hydrogen) atoms. The third kappa shape index (κ3) is 3.53. The summed E-state index contributed by atoms with van der Waals surface area (Å²) in [6.45, 7) is 4.20. The zero-order valence-electron chi connectivity index (χ0n) is 19.5. The number of rotatable bonds is 4. The molecule has 1 aliphatic carbocycles. The Labute approximate surface area is 198 Å². The van der Waals surface area contributed by atoms with E-state index in [-0.39, 0.29) is 5.78 Å². The summed E-state index contributed by atoms with van der Waals surface area (Å²) < 4.78 is 1.61. The number of aromatic nitrogens is 4. The Bertz CT molecular complexity index is 1450. The smallest absolute Gasteiger partial charge is 0.194 e. The number of likely N-dealkylation sites (tertiary alicyclic amines) is 1. The van der Waals surface area contributed by atoms with E-state index in [1.54, 1.807) is 10.9 Å². The lowest BCUT2D eigenvalue weighted by atomic mass is 9.88. The SMILES string of the molecule is Cc1nc2ccc(-n3ncc(C(=O)C4=Cc5ccc(C6CCN(C)CC6)cc5C4)c3N)cc2[nH]1. The van der Waals surface area contributed by atoms with Crippen LogP contribution in [0.2, 0.25) is 0 Å². The van der Waals surface area contributed by atoms with E-state index in [4.69, 9.17) is 5.73 Å². The number of aryl methyl sites for hydroxylation is 1. The van der Waals surface area contributed by atoms with Crippen molar-refractivity contribution >= 4 is 28.7 Å². The van der Waals surface area contributed by atoms with Crippen LogP contribution in [-0.2, 0) is 6.42 Å². The van der Waals surface area contributed by atoms with Gasteiger partial charge in [-0.25, -0.2) is 9.67 Å². The fourth-order valence-corrected chi connectivity index (χ4v) is 5.27. The predicted octanol–water partition coefficient (Wildman–Crippen LogP) is 4.27. The molecule has 0 atom stereocenters. The van der Waals surface area contributed by atoms with Crippen LogP contribution in [0.1, 0.15) is 51.6 Å². The van der Waals surface area contributed by atoms with Gasteiger partial charge in [0.05, 0.1) is 28.5 Å². The first kappa shape index (κ1) is 20.9. The maximum Gasteiger partial charge on any atom is 0.194 e. The highest BCUT2D eigenvalue weighted by atomic mass is 16.1. The molecule has 2 aliphatic rings. The molecule has 3 heterocycles. The number of aromatic amines is 1. The average Bonchev–Trinajstić information content (AvgIpc) is 3.53. The van der Waals surface area contributed by atoms with Crippen molar-refractivity contribution in [3.63, 3.8) is 0 Å². The minimum Gasteiger partial charge on any atom is -0.383 e. The zero-order valence-corrected chi connectivity index (χ0v) is 19.5. The summed E-state index contributed by atoms with van der Waals surface area (Å²) in [5.41, 5.74) is 14.0. The monoisotopic (exact) mass is 452 g/mol. The van der Waals surface area contributed by atoms with Gasteiger partial charge in [0.1, 0.15) is 11.6 Å². The van der Waals surface area contributed by atoms with E-state index in [9.17, 15) is 4.79 Å². The van der Waals surface area contributed by atoms with E-state index in [0.29, 0.717) is 23.7 Å². The van der Waals surface area contributed by atoms with Crippen LogP contribution in [-0.4, -0.2) is 50.6 Å². The molecule has 0 unspecified atom stereocenters. The van der Waals surface area contributed by atoms with Gasteiger partial charge in [-0.3, -0.25) is 4.79 Å². The van der Waals surface area contributed by atoms with Crippen LogP contribution in [0.5, 0.6) is 0 Å². The molecule has 0 amide bonds. The third-order valence-electron chi connectivity index (χ3n) is 7.24. The van der Waals surface area contributed by atoms with Crippen LogP contribution in [0, 0.1) is 6.92 Å². The summed E-state index contributed by atoms with van der Waals surface area (Å²) in [6.07, 6.45) is 6.60. The molecule has 3 N–H and O–H groups in total. The molecule has 1 fully saturated rings. The third-order valence-corrected chi connectivity index (χ3v) is 7.24. The molecule has 0 bridgehead atoms. The lowest BCUT2D eigenvalue weighted by molar-refractivity contribution is 0.103. The summed E-state index contributed by atoms with van der Waals surface area (Å²) >= 11 is 0. The molecule has 0 saturated carbocycles. The van der Waals surface area contributed by atoms with Crippen LogP contribution in [0.15, 0.2) is 48.2 Å². The molecule has 0 spiro atoms. The van der Waals surface area contributed by atoms with Crippen molar-refractivity contribution in [2.24, 2.45) is 0 Å². The van der Waals surface area contributed by atoms with Gasteiger partial charge in [-0.05, 0) is 86.8 Å². The molecular weight excluding hydrogens is 424 g/mol. The van der Waals surface area contributed by atoms with E-state index in [1.807, 2.05) is 31.2 Å². The van der Waals surface area contributed by atoms with Crippen molar-refractivity contribution in [3.8, 4) is 5.69 Å². The summed E-state index contributed by atoms with van der Waals surface area (Å²) in [5.74, 6) is 1.75. The van der Waals surface area contributed by atoms with E-state index >= 15 is 0 Å². The Morgan fingerprint density at radius 2 is 1.97 bits per heavy atom. The number of H-pyrrole nitrogens is 1. The minimum absolute atomic E-state index is 0.0562. The van der Waals surface area contributed by atoms with Crippen molar-refractivity contribution < 1.29 is 4.79 Å². The number of ketones is 1. The van der Waals surface area contributed by atoms with Crippen molar-refractivity contribution in [2.45, 2.75) is 32.1 Å². The number of piperidine rings is 1. The fraction of sp³-hybridized carbons (Fsp3) is 0.296. The molecule has 172 valence electrons. The molecule has 7 heteroatoms. The van der Waals surface area contributed by atoms with Gasteiger partial charge in [-0.1, -0.05) is 18.2 Å². The van der Waals surface area contributed by atoms with Crippen molar-refractivity contribution in [3.05, 3.63) is 76.2 Å². The van der Waals surface area contributed by atoms with Crippen molar-refractivity contribution in [1.82, 2.24) is 24.6 Å². The maximum atomic E-state index is 13.4. The number of nitrogens with zero attached hydrogens (tertiary/aromatic N) is 4. The lowest BCUT2D eigenvalue weighted by Crippen LogP contribution is -2.29. The topological polar surface area (TPSA) is 92.8 Å². The normalized spacial score (nSPS) is 16.7. The molecule has 6 rings (SSSR count). The van der Waals surface area contributed by atoms with Crippen LogP contribution in [0.25, 0.3) is 22.8 Å². The Morgan fingerprint density at radius 3 is 2.79 bits per heavy atom. The van der Waals surface area contributed by atoms with Gasteiger partial charge in [0.25, 0.3) is 0 Å². The van der Waals surface area contributed by atoms with E-state index in [0.717, 1.165) is 46.8 Å². The minimum atomic E-state index is -0.0562. The number of allylic oxidation sites excluding steroid dienone is 1. The summed E-state index contributed by atoms with van der Waals surface area (Å²) in [6, 6.07) is 12.5. The van der Waals surface area contributed by atoms with Crippen LogP contribution >= 0.6 is 0 Å². The molecule has 7 nitrogen and oxygen atoms in total. The Balaban J connectivity index is 1.23. The number of hydrogen-bond acceptors (Lipinski definition) is 5. The van der Waals surface area contributed by atoms with Crippen LogP contribution in [0.4, 0.5) is 5.82 Å². The number of anilines is 1. The number of nitrogens with one attached hydrogen (secondary N) is 1. The first-order valence-corrected chi connectivity index (χ1v) is 11.8. The number of carbonyl (C=O) groups is 1. The summed E-state index contributed by atoms with van der Waals surface area (Å²) in [5, 5.41) is 4.43. The molecule has 2 aromatic carbocycles. The number of hydrogen-bond donors (Lipinski definition) is 2. The van der Waals surface area contributed by atoms with E-state index in [1.165, 1.54) is 24.0 Å². The lowest BCUT2D eigenvalue weighted by Gasteiger charge is -2.29. The van der Waals surface area contributed by atoms with Gasteiger partial charge in [0.15, 0.2) is 5.78 Å². The number of imidazole rings is 1. The highest BCUT2D eigenvalue weighted by Crippen LogP contribution is 2.34. The van der Waals surface area contributed by atoms with Crippen LogP contribution < -0.4 is 5.73 Å². The second kappa shape index (κ2) is 7.95. The molecule has 0 radical (unpaired) electrons. The Kier molecular flexibility index (Phi) is 4.88. The van der Waals surface area contributed by atoms with E-state index in [2.05, 4.69) is 45.2 Å². The van der Waals surface area contributed by atoms with Crippen molar-refractivity contribution in [1.29, 1.82) is 0 Å². The highest BCUT2D eigenvalue weighted by Gasteiger charge is 2.25. The summed E-state index contributed by atoms with van der Waals surface area (Å²) in [7, 11) is 2.19. The zero-order chi connectivity index (χ0) is 23.4. The fourth-order valence-electron chi connectivity index (χ4n) is 5.27. The molecule has 1 aliphatic heterocycles. The first-order valence-electron chi connectivity index (χ1n) is 11.8. The quantitative estimate of drug-likeness (QED) is 0.451. The molecule has 2 aromatic heterocycles. The number of Topliss-reactive ketones (excluding diaryl/α,β-unsaturated/α-hetero) is 1. The molecular formula is C27H28N6O. The number of nitrogens with two attached hydrogens (primary N) is 1. The number of fused-ring (bicyclic) bond motifs is 2. The maximum absolute atomic E-state index is 13.4. The van der Waals surface area contributed by atoms with Gasteiger partial charge in [-0.2, -0.15) is 5.10 Å². The Hall–Kier alpha value is -3.71. The highest BCUT2D eigenvalue weighted by molar-refractivity contribution is 6.15. The van der Waals surface area contributed by atoms with E-state index < -0.39 is 0 Å². The largest absolute Gasteiger partial charge is 0.383 e. The Morgan fingerprint density at radius 1 is 1.15 bits per heavy atom. The van der Waals surface area contributed by atoms with Crippen LogP contribution in [0.3, 0.4) is 0 Å². The molecule has 1 saturated heterocycles. The first-order chi connectivity index (χ1) is 16.5. The number of carbonyl (C=O) groups excluding carboxylic acids is 1. The van der Waals surface area contributed by atoms with Gasteiger partial charge in [-0.15, -0.1) is 0 Å². The second-order valence-corrected chi connectivity index (χ2v) is 9.59. The van der Waals surface area contributed by atoms with Crippen molar-refractivity contribution in [2.75, 3.05) is 25.9 Å².